The molecule has 1 fully saturated rings. The van der Waals surface area contributed by atoms with E-state index in [0.717, 1.165) is 36.5 Å². The van der Waals surface area contributed by atoms with Crippen LogP contribution in [0.5, 0.6) is 0 Å². The highest BCUT2D eigenvalue weighted by Crippen LogP contribution is 2.20. The molecular weight excluding hydrogens is 398 g/mol. The second-order valence-corrected chi connectivity index (χ2v) is 7.95. The molecule has 0 aliphatic carbocycles. The van der Waals surface area contributed by atoms with E-state index in [2.05, 4.69) is 26.6 Å². The second-order valence-electron chi connectivity index (χ2n) is 7.95. The molecule has 1 aromatic heterocycles. The number of nitrogens with one attached hydrogen (secondary N) is 2. The summed E-state index contributed by atoms with van der Waals surface area (Å²) in [6.07, 6.45) is 4.89. The van der Waals surface area contributed by atoms with Gasteiger partial charge in [0.25, 0.3) is 0 Å². The molecule has 3 aromatic rings. The number of hydrogen-bond acceptors (Lipinski definition) is 5. The van der Waals surface area contributed by atoms with Gasteiger partial charge in [-0.2, -0.15) is 5.26 Å². The highest BCUT2D eigenvalue weighted by molar-refractivity contribution is 5.95. The fraction of sp³-hybridized carbons (Fsp3) is 0.269. The van der Waals surface area contributed by atoms with E-state index in [1.54, 1.807) is 6.20 Å². The van der Waals surface area contributed by atoms with Gasteiger partial charge in [0, 0.05) is 19.6 Å². The summed E-state index contributed by atoms with van der Waals surface area (Å²) in [6.45, 7) is 2.71. The molecule has 0 saturated carbocycles. The maximum atomic E-state index is 13.1. The fourth-order valence-electron chi connectivity index (χ4n) is 3.92. The van der Waals surface area contributed by atoms with E-state index in [4.69, 9.17) is 5.26 Å². The molecular formula is C26H27N5O. The molecule has 4 rings (SSSR count). The summed E-state index contributed by atoms with van der Waals surface area (Å²) in [5.41, 5.74) is 3.36. The minimum atomic E-state index is -0.479. The van der Waals surface area contributed by atoms with Crippen LogP contribution < -0.4 is 15.5 Å². The van der Waals surface area contributed by atoms with Gasteiger partial charge in [0.05, 0.1) is 23.5 Å². The van der Waals surface area contributed by atoms with E-state index < -0.39 is 6.04 Å². The van der Waals surface area contributed by atoms with Crippen LogP contribution in [0.4, 0.5) is 11.5 Å². The number of carbonyl (C=O) groups excluding carboxylic acids is 1. The molecule has 2 aromatic carbocycles. The molecule has 0 unspecified atom stereocenters. The summed E-state index contributed by atoms with van der Waals surface area (Å²) in [7, 11) is 0. The third kappa shape index (κ3) is 5.51. The molecule has 1 amide bonds. The van der Waals surface area contributed by atoms with Gasteiger partial charge in [-0.1, -0.05) is 42.5 Å². The van der Waals surface area contributed by atoms with Crippen LogP contribution in [-0.2, 0) is 11.2 Å². The molecule has 0 radical (unpaired) electrons. The van der Waals surface area contributed by atoms with Crippen molar-refractivity contribution in [3.8, 4) is 6.07 Å². The fourth-order valence-corrected chi connectivity index (χ4v) is 3.92. The Bertz CT molecular complexity index is 1050. The number of rotatable bonds is 8. The van der Waals surface area contributed by atoms with Gasteiger partial charge in [-0.3, -0.25) is 4.79 Å². The Labute approximate surface area is 188 Å². The van der Waals surface area contributed by atoms with Crippen molar-refractivity contribution >= 4 is 17.4 Å². The van der Waals surface area contributed by atoms with Gasteiger partial charge in [0.1, 0.15) is 11.9 Å². The molecule has 32 heavy (non-hydrogen) atoms. The Morgan fingerprint density at radius 1 is 1.03 bits per heavy atom. The largest absolute Gasteiger partial charge is 0.357 e. The molecule has 0 spiro atoms. The van der Waals surface area contributed by atoms with Crippen molar-refractivity contribution in [3.05, 3.63) is 89.6 Å². The predicted molar refractivity (Wildman–Crippen MR) is 126 cm³/mol. The van der Waals surface area contributed by atoms with Crippen LogP contribution in [0, 0.1) is 11.3 Å². The van der Waals surface area contributed by atoms with E-state index in [1.165, 1.54) is 12.8 Å². The summed E-state index contributed by atoms with van der Waals surface area (Å²) in [4.78, 5) is 19.9. The molecule has 1 aliphatic heterocycles. The number of aromatic nitrogens is 1. The minimum Gasteiger partial charge on any atom is -0.357 e. The van der Waals surface area contributed by atoms with Crippen molar-refractivity contribution < 1.29 is 4.79 Å². The summed E-state index contributed by atoms with van der Waals surface area (Å²) in [5.74, 6) is 0.840. The van der Waals surface area contributed by atoms with Crippen molar-refractivity contribution in [2.75, 3.05) is 29.9 Å². The Balaban J connectivity index is 1.40. The lowest BCUT2D eigenvalue weighted by Gasteiger charge is -2.20. The van der Waals surface area contributed by atoms with Crippen molar-refractivity contribution in [3.63, 3.8) is 0 Å². The maximum absolute atomic E-state index is 13.1. The van der Waals surface area contributed by atoms with Gasteiger partial charge >= 0.3 is 0 Å². The zero-order valence-corrected chi connectivity index (χ0v) is 18.0. The first-order valence-corrected chi connectivity index (χ1v) is 11.0. The normalized spacial score (nSPS) is 14.0. The summed E-state index contributed by atoms with van der Waals surface area (Å²) >= 11 is 0. The average molecular weight is 426 g/mol. The van der Waals surface area contributed by atoms with Gasteiger partial charge < -0.3 is 15.5 Å². The zero-order chi connectivity index (χ0) is 22.2. The zero-order valence-electron chi connectivity index (χ0n) is 18.0. The molecule has 2 heterocycles. The Morgan fingerprint density at radius 2 is 1.78 bits per heavy atom. The van der Waals surface area contributed by atoms with Crippen molar-refractivity contribution in [1.29, 1.82) is 5.26 Å². The lowest BCUT2D eigenvalue weighted by molar-refractivity contribution is -0.118. The molecule has 6 nitrogen and oxygen atoms in total. The van der Waals surface area contributed by atoms with Gasteiger partial charge in [-0.05, 0) is 54.7 Å². The third-order valence-corrected chi connectivity index (χ3v) is 5.69. The first-order chi connectivity index (χ1) is 15.7. The molecule has 2 N–H and O–H groups in total. The number of carbonyl (C=O) groups is 1. The lowest BCUT2D eigenvalue weighted by atomic mass is 10.0. The van der Waals surface area contributed by atoms with Crippen LogP contribution in [0.25, 0.3) is 0 Å². The number of nitrogens with zero attached hydrogens (tertiary/aromatic N) is 3. The highest BCUT2D eigenvalue weighted by Gasteiger charge is 2.20. The van der Waals surface area contributed by atoms with Crippen LogP contribution in [0.3, 0.4) is 0 Å². The number of nitriles is 1. The summed E-state index contributed by atoms with van der Waals surface area (Å²) in [6, 6.07) is 22.8. The van der Waals surface area contributed by atoms with Crippen LogP contribution in [0.1, 0.15) is 35.6 Å². The molecule has 6 heteroatoms. The number of anilines is 2. The standard InChI is InChI=1S/C26H27N5O/c27-18-21-10-8-20(9-11-21)14-15-28-25(22-6-2-1-3-7-22)26(32)30-23-12-13-24(29-19-23)31-16-4-5-17-31/h1-3,6-13,19,25,28H,4-5,14-17H2,(H,30,32)/t25-/m0/s1. The van der Waals surface area contributed by atoms with E-state index in [-0.39, 0.29) is 5.91 Å². The van der Waals surface area contributed by atoms with Crippen molar-refractivity contribution in [2.45, 2.75) is 25.3 Å². The van der Waals surface area contributed by atoms with E-state index in [1.807, 2.05) is 66.7 Å². The third-order valence-electron chi connectivity index (χ3n) is 5.69. The van der Waals surface area contributed by atoms with Gasteiger partial charge in [0.15, 0.2) is 0 Å². The van der Waals surface area contributed by atoms with Gasteiger partial charge in [-0.25, -0.2) is 4.98 Å². The SMILES string of the molecule is N#Cc1ccc(CCN[C@H](C(=O)Nc2ccc(N3CCCC3)nc2)c2ccccc2)cc1. The second kappa shape index (κ2) is 10.6. The average Bonchev–Trinajstić information content (AvgIpc) is 3.38. The molecule has 1 aliphatic rings. The maximum Gasteiger partial charge on any atom is 0.246 e. The monoisotopic (exact) mass is 425 g/mol. The Morgan fingerprint density at radius 3 is 2.44 bits per heavy atom. The molecule has 1 atom stereocenters. The van der Waals surface area contributed by atoms with Gasteiger partial charge in [0.2, 0.25) is 5.91 Å². The van der Waals surface area contributed by atoms with E-state index in [9.17, 15) is 4.79 Å². The van der Waals surface area contributed by atoms with Gasteiger partial charge in [-0.15, -0.1) is 0 Å². The molecule has 1 saturated heterocycles. The van der Waals surface area contributed by atoms with E-state index in [0.29, 0.717) is 17.8 Å². The lowest BCUT2D eigenvalue weighted by Crippen LogP contribution is -2.34. The van der Waals surface area contributed by atoms with Crippen molar-refractivity contribution in [1.82, 2.24) is 10.3 Å². The topological polar surface area (TPSA) is 81.0 Å². The number of hydrogen-bond donors (Lipinski definition) is 2. The first kappa shape index (κ1) is 21.5. The number of benzene rings is 2. The summed E-state index contributed by atoms with van der Waals surface area (Å²) < 4.78 is 0. The quantitative estimate of drug-likeness (QED) is 0.569. The smallest absolute Gasteiger partial charge is 0.246 e. The summed E-state index contributed by atoms with van der Waals surface area (Å²) in [5, 5.41) is 15.3. The van der Waals surface area contributed by atoms with Crippen LogP contribution in [0.2, 0.25) is 0 Å². The highest BCUT2D eigenvalue weighted by atomic mass is 16.2. The van der Waals surface area contributed by atoms with E-state index >= 15 is 0 Å². The predicted octanol–water partition coefficient (Wildman–Crippen LogP) is 4.07. The van der Waals surface area contributed by atoms with Crippen LogP contribution >= 0.6 is 0 Å². The van der Waals surface area contributed by atoms with Crippen molar-refractivity contribution in [2.24, 2.45) is 0 Å². The first-order valence-electron chi connectivity index (χ1n) is 11.0. The Hall–Kier alpha value is -3.69. The Kier molecular flexibility index (Phi) is 7.11. The van der Waals surface area contributed by atoms with Crippen LogP contribution in [-0.4, -0.2) is 30.5 Å². The van der Waals surface area contributed by atoms with Crippen LogP contribution in [0.15, 0.2) is 72.9 Å². The number of pyridine rings is 1. The molecule has 162 valence electrons. The molecule has 0 bridgehead atoms. The number of amides is 1. The minimum absolute atomic E-state index is 0.119.